The van der Waals surface area contributed by atoms with Crippen molar-refractivity contribution < 1.29 is 19.8 Å². The first-order chi connectivity index (χ1) is 18.2. The van der Waals surface area contributed by atoms with E-state index >= 15 is 0 Å². The summed E-state index contributed by atoms with van der Waals surface area (Å²) in [4.78, 5) is 26.8. The monoisotopic (exact) mass is 505 g/mol. The highest BCUT2D eigenvalue weighted by atomic mass is 16.4. The number of aromatic carboxylic acids is 1. The number of para-hydroxylation sites is 1. The summed E-state index contributed by atoms with van der Waals surface area (Å²) in [5, 5.41) is 24.8. The van der Waals surface area contributed by atoms with Crippen molar-refractivity contribution in [2.24, 2.45) is 5.10 Å². The van der Waals surface area contributed by atoms with Gasteiger partial charge in [-0.25, -0.2) is 4.79 Å². The highest BCUT2D eigenvalue weighted by Crippen LogP contribution is 2.41. The smallest absolute Gasteiger partial charge is 0.335 e. The Balaban J connectivity index is 1.56. The van der Waals surface area contributed by atoms with Gasteiger partial charge in [-0.05, 0) is 85.8 Å². The molecule has 0 saturated carbocycles. The SMILES string of the molecule is Cc1ccc(N2C(=O)/C(=N\Nc3cccc(-c4cccc(C(=O)O)c4)c3O)c3ccc(C)c(C)c32)cc1C. The van der Waals surface area contributed by atoms with Crippen molar-refractivity contribution in [2.45, 2.75) is 27.7 Å². The van der Waals surface area contributed by atoms with Gasteiger partial charge in [0.05, 0.1) is 16.9 Å². The molecule has 5 rings (SSSR count). The van der Waals surface area contributed by atoms with Crippen LogP contribution >= 0.6 is 0 Å². The van der Waals surface area contributed by atoms with Crippen molar-refractivity contribution in [3.05, 3.63) is 106 Å². The number of rotatable bonds is 5. The van der Waals surface area contributed by atoms with Crippen LogP contribution in [0.2, 0.25) is 0 Å². The maximum atomic E-state index is 13.8. The van der Waals surface area contributed by atoms with Gasteiger partial charge in [-0.3, -0.25) is 15.1 Å². The first-order valence-electron chi connectivity index (χ1n) is 12.2. The van der Waals surface area contributed by atoms with Gasteiger partial charge < -0.3 is 10.2 Å². The second-order valence-electron chi connectivity index (χ2n) is 9.47. The fraction of sp³-hybridized carbons (Fsp3) is 0.129. The molecule has 190 valence electrons. The third kappa shape index (κ3) is 4.18. The van der Waals surface area contributed by atoms with Gasteiger partial charge in [0.2, 0.25) is 0 Å². The number of anilines is 3. The molecule has 0 radical (unpaired) electrons. The molecule has 0 spiro atoms. The number of benzene rings is 4. The van der Waals surface area contributed by atoms with Crippen molar-refractivity contribution in [1.82, 2.24) is 0 Å². The molecule has 0 fully saturated rings. The zero-order chi connectivity index (χ0) is 27.1. The topological polar surface area (TPSA) is 102 Å². The minimum Gasteiger partial charge on any atom is -0.505 e. The van der Waals surface area contributed by atoms with Crippen LogP contribution in [0.15, 0.2) is 77.9 Å². The molecule has 0 aromatic heterocycles. The molecule has 0 saturated heterocycles. The number of hydrogen-bond donors (Lipinski definition) is 3. The summed E-state index contributed by atoms with van der Waals surface area (Å²) >= 11 is 0. The van der Waals surface area contributed by atoms with E-state index in [1.54, 1.807) is 35.2 Å². The largest absolute Gasteiger partial charge is 0.505 e. The molecule has 7 heteroatoms. The maximum Gasteiger partial charge on any atom is 0.335 e. The molecule has 0 atom stereocenters. The number of nitrogens with zero attached hydrogens (tertiary/aromatic N) is 2. The predicted molar refractivity (Wildman–Crippen MR) is 150 cm³/mol. The van der Waals surface area contributed by atoms with Crippen molar-refractivity contribution in [3.63, 3.8) is 0 Å². The Morgan fingerprint density at radius 2 is 1.58 bits per heavy atom. The Kier molecular flexibility index (Phi) is 6.20. The molecule has 0 aliphatic carbocycles. The Labute approximate surface area is 220 Å². The molecule has 3 N–H and O–H groups in total. The first kappa shape index (κ1) is 24.8. The van der Waals surface area contributed by atoms with E-state index in [4.69, 9.17) is 0 Å². The van der Waals surface area contributed by atoms with Gasteiger partial charge in [-0.2, -0.15) is 5.10 Å². The number of aryl methyl sites for hydroxylation is 3. The van der Waals surface area contributed by atoms with Gasteiger partial charge in [-0.15, -0.1) is 0 Å². The summed E-state index contributed by atoms with van der Waals surface area (Å²) in [7, 11) is 0. The van der Waals surface area contributed by atoms with Crippen LogP contribution < -0.4 is 10.3 Å². The second kappa shape index (κ2) is 9.52. The lowest BCUT2D eigenvalue weighted by Crippen LogP contribution is -2.26. The van der Waals surface area contributed by atoms with Crippen molar-refractivity contribution in [2.75, 3.05) is 10.3 Å². The van der Waals surface area contributed by atoms with Gasteiger partial charge in [0, 0.05) is 16.8 Å². The molecule has 0 bridgehead atoms. The number of carboxylic acids is 1. The van der Waals surface area contributed by atoms with Gasteiger partial charge in [0.15, 0.2) is 5.71 Å². The lowest BCUT2D eigenvalue weighted by molar-refractivity contribution is -0.111. The third-order valence-corrected chi connectivity index (χ3v) is 7.08. The number of hydrogen-bond acceptors (Lipinski definition) is 5. The van der Waals surface area contributed by atoms with E-state index in [1.165, 1.54) is 12.1 Å². The molecular weight excluding hydrogens is 478 g/mol. The minimum atomic E-state index is -1.05. The van der Waals surface area contributed by atoms with Crippen LogP contribution in [0.1, 0.15) is 38.2 Å². The van der Waals surface area contributed by atoms with Crippen LogP contribution in [-0.4, -0.2) is 27.8 Å². The quantitative estimate of drug-likeness (QED) is 0.213. The van der Waals surface area contributed by atoms with Crippen molar-refractivity contribution in [3.8, 4) is 16.9 Å². The first-order valence-corrected chi connectivity index (χ1v) is 12.2. The number of amides is 1. The number of carbonyl (C=O) groups is 2. The molecule has 1 aliphatic heterocycles. The summed E-state index contributed by atoms with van der Waals surface area (Å²) in [6.07, 6.45) is 0. The number of phenols is 1. The van der Waals surface area contributed by atoms with Crippen LogP contribution in [-0.2, 0) is 4.79 Å². The Bertz CT molecular complexity index is 1660. The molecule has 7 nitrogen and oxygen atoms in total. The van der Waals surface area contributed by atoms with E-state index < -0.39 is 5.97 Å². The fourth-order valence-corrected chi connectivity index (χ4v) is 4.62. The van der Waals surface area contributed by atoms with Crippen LogP contribution in [0, 0.1) is 27.7 Å². The summed E-state index contributed by atoms with van der Waals surface area (Å²) in [5.74, 6) is -1.42. The fourth-order valence-electron chi connectivity index (χ4n) is 4.62. The standard InChI is InChI=1S/C31H27N3O4/c1-17-11-13-23(15-19(17)3)34-28-20(4)18(2)12-14-25(28)27(30(34)36)33-32-26-10-6-9-24(29(26)35)21-7-5-8-22(16-21)31(37)38/h5-16,32,35H,1-4H3,(H,37,38)/b33-27-. The average Bonchev–Trinajstić information content (AvgIpc) is 3.19. The normalized spacial score (nSPS) is 13.6. The van der Waals surface area contributed by atoms with Crippen LogP contribution in [0.25, 0.3) is 11.1 Å². The molecular formula is C31H27N3O4. The van der Waals surface area contributed by atoms with Crippen LogP contribution in [0.4, 0.5) is 17.1 Å². The van der Waals surface area contributed by atoms with Gasteiger partial charge in [0.1, 0.15) is 5.75 Å². The van der Waals surface area contributed by atoms with E-state index in [1.807, 2.05) is 58.0 Å². The van der Waals surface area contributed by atoms with Crippen molar-refractivity contribution >= 4 is 34.7 Å². The molecule has 4 aromatic carbocycles. The predicted octanol–water partition coefficient (Wildman–Crippen LogP) is 6.49. The molecule has 4 aromatic rings. The lowest BCUT2D eigenvalue weighted by Gasteiger charge is -2.20. The number of carbonyl (C=O) groups excluding carboxylic acids is 1. The van der Waals surface area contributed by atoms with E-state index in [9.17, 15) is 19.8 Å². The van der Waals surface area contributed by atoms with Crippen molar-refractivity contribution in [1.29, 1.82) is 0 Å². The van der Waals surface area contributed by atoms with Crippen LogP contribution in [0.3, 0.4) is 0 Å². The highest BCUT2D eigenvalue weighted by Gasteiger charge is 2.37. The number of hydrazone groups is 1. The van der Waals surface area contributed by atoms with E-state index in [2.05, 4.69) is 10.5 Å². The maximum absolute atomic E-state index is 13.8. The Morgan fingerprint density at radius 1 is 0.842 bits per heavy atom. The summed E-state index contributed by atoms with van der Waals surface area (Å²) in [5.41, 5.74) is 11.0. The Morgan fingerprint density at radius 3 is 2.32 bits per heavy atom. The minimum absolute atomic E-state index is 0.101. The lowest BCUT2D eigenvalue weighted by atomic mass is 10.0. The third-order valence-electron chi connectivity index (χ3n) is 7.08. The number of phenolic OH excluding ortho intramolecular Hbond substituents is 1. The second-order valence-corrected chi connectivity index (χ2v) is 9.47. The van der Waals surface area contributed by atoms with Gasteiger partial charge in [-0.1, -0.05) is 42.5 Å². The molecule has 1 amide bonds. The number of aromatic hydroxyl groups is 1. The van der Waals surface area contributed by atoms with Gasteiger partial charge in [0.25, 0.3) is 5.91 Å². The zero-order valence-electron chi connectivity index (χ0n) is 21.5. The highest BCUT2D eigenvalue weighted by molar-refractivity contribution is 6.56. The summed E-state index contributed by atoms with van der Waals surface area (Å²) in [6.45, 7) is 8.05. The molecule has 0 unspecified atom stereocenters. The van der Waals surface area contributed by atoms with E-state index in [0.717, 1.165) is 33.6 Å². The van der Waals surface area contributed by atoms with E-state index in [-0.39, 0.29) is 22.9 Å². The Hall–Kier alpha value is -4.91. The zero-order valence-corrected chi connectivity index (χ0v) is 21.5. The molecule has 1 aliphatic rings. The molecule has 1 heterocycles. The number of carboxylic acid groups (broad SMARTS) is 1. The summed E-state index contributed by atoms with van der Waals surface area (Å²) < 4.78 is 0. The summed E-state index contributed by atoms with van der Waals surface area (Å²) in [6, 6.07) is 21.2. The van der Waals surface area contributed by atoms with Crippen LogP contribution in [0.5, 0.6) is 5.75 Å². The van der Waals surface area contributed by atoms with E-state index in [0.29, 0.717) is 22.4 Å². The number of fused-ring (bicyclic) bond motifs is 1. The molecule has 38 heavy (non-hydrogen) atoms. The average molecular weight is 506 g/mol. The number of nitrogens with one attached hydrogen (secondary N) is 1. The van der Waals surface area contributed by atoms with Gasteiger partial charge >= 0.3 is 5.97 Å².